The fourth-order valence-electron chi connectivity index (χ4n) is 2.72. The molecular weight excluding hydrogens is 224 g/mol. The number of hydrogen-bond donors (Lipinski definition) is 2. The van der Waals surface area contributed by atoms with Crippen molar-refractivity contribution in [2.45, 2.75) is 45.8 Å². The van der Waals surface area contributed by atoms with Gasteiger partial charge < -0.3 is 10.6 Å². The molecule has 96 valence electrons. The van der Waals surface area contributed by atoms with Crippen LogP contribution in [0, 0.1) is 5.41 Å². The van der Waals surface area contributed by atoms with Crippen molar-refractivity contribution in [2.24, 2.45) is 5.41 Å². The predicted molar refractivity (Wildman–Crippen MR) is 70.8 cm³/mol. The van der Waals surface area contributed by atoms with Gasteiger partial charge in [0.05, 0.1) is 0 Å². The van der Waals surface area contributed by atoms with Gasteiger partial charge in [-0.2, -0.15) is 0 Å². The van der Waals surface area contributed by atoms with Crippen molar-refractivity contribution in [3.05, 3.63) is 34.9 Å². The number of nitrogens with one attached hydrogen (secondary N) is 2. The molecule has 1 saturated carbocycles. The molecule has 18 heavy (non-hydrogen) atoms. The number of hydrogen-bond acceptors (Lipinski definition) is 2. The lowest BCUT2D eigenvalue weighted by atomic mass is 10.0. The summed E-state index contributed by atoms with van der Waals surface area (Å²) in [7, 11) is 0. The minimum atomic E-state index is -0.0295. The average molecular weight is 244 g/mol. The first-order valence-corrected chi connectivity index (χ1v) is 6.83. The van der Waals surface area contributed by atoms with Crippen LogP contribution in [-0.2, 0) is 24.4 Å². The number of carbonyl (C=O) groups is 1. The third-order valence-corrected chi connectivity index (χ3v) is 4.37. The zero-order chi connectivity index (χ0) is 12.6. The SMILES string of the molecule is CCC1(C(=O)NCc2ccc3c(c2)CNC3)CC1. The van der Waals surface area contributed by atoms with Crippen LogP contribution in [0.15, 0.2) is 18.2 Å². The quantitative estimate of drug-likeness (QED) is 0.851. The van der Waals surface area contributed by atoms with E-state index in [1.165, 1.54) is 16.7 Å². The van der Waals surface area contributed by atoms with Gasteiger partial charge in [-0.1, -0.05) is 25.1 Å². The fourth-order valence-corrected chi connectivity index (χ4v) is 2.72. The second kappa shape index (κ2) is 4.39. The summed E-state index contributed by atoms with van der Waals surface area (Å²) < 4.78 is 0. The number of fused-ring (bicyclic) bond motifs is 1. The number of benzene rings is 1. The van der Waals surface area contributed by atoms with Gasteiger partial charge in [-0.25, -0.2) is 0 Å². The Kier molecular flexibility index (Phi) is 2.86. The van der Waals surface area contributed by atoms with Gasteiger partial charge in [-0.3, -0.25) is 4.79 Å². The molecule has 0 unspecified atom stereocenters. The van der Waals surface area contributed by atoms with E-state index >= 15 is 0 Å². The highest BCUT2D eigenvalue weighted by atomic mass is 16.2. The molecule has 1 heterocycles. The molecule has 2 N–H and O–H groups in total. The van der Waals surface area contributed by atoms with Crippen molar-refractivity contribution in [1.29, 1.82) is 0 Å². The van der Waals surface area contributed by atoms with Gasteiger partial charge in [-0.15, -0.1) is 0 Å². The molecule has 2 aliphatic rings. The van der Waals surface area contributed by atoms with Gasteiger partial charge in [-0.05, 0) is 36.0 Å². The van der Waals surface area contributed by atoms with E-state index in [2.05, 4.69) is 35.8 Å². The maximum atomic E-state index is 12.0. The smallest absolute Gasteiger partial charge is 0.226 e. The molecule has 0 saturated heterocycles. The minimum absolute atomic E-state index is 0.0295. The molecule has 0 radical (unpaired) electrons. The first-order valence-electron chi connectivity index (χ1n) is 6.83. The van der Waals surface area contributed by atoms with Crippen molar-refractivity contribution in [3.63, 3.8) is 0 Å². The molecule has 0 aromatic heterocycles. The summed E-state index contributed by atoms with van der Waals surface area (Å²) in [4.78, 5) is 12.0. The monoisotopic (exact) mass is 244 g/mol. The molecule has 0 bridgehead atoms. The highest BCUT2D eigenvalue weighted by Gasteiger charge is 2.47. The van der Waals surface area contributed by atoms with Crippen LogP contribution in [0.5, 0.6) is 0 Å². The number of carbonyl (C=O) groups excluding carboxylic acids is 1. The molecule has 3 nitrogen and oxygen atoms in total. The first kappa shape index (κ1) is 11.7. The summed E-state index contributed by atoms with van der Waals surface area (Å²) in [5, 5.41) is 6.42. The van der Waals surface area contributed by atoms with Crippen molar-refractivity contribution in [3.8, 4) is 0 Å². The van der Waals surface area contributed by atoms with E-state index in [9.17, 15) is 4.79 Å². The van der Waals surface area contributed by atoms with Crippen LogP contribution >= 0.6 is 0 Å². The van der Waals surface area contributed by atoms with Crippen LogP contribution in [0.1, 0.15) is 42.9 Å². The third kappa shape index (κ3) is 2.03. The minimum Gasteiger partial charge on any atom is -0.352 e. The van der Waals surface area contributed by atoms with Crippen molar-refractivity contribution in [1.82, 2.24) is 10.6 Å². The second-order valence-electron chi connectivity index (χ2n) is 5.52. The summed E-state index contributed by atoms with van der Waals surface area (Å²) in [6, 6.07) is 6.50. The van der Waals surface area contributed by atoms with E-state index in [1.54, 1.807) is 0 Å². The second-order valence-corrected chi connectivity index (χ2v) is 5.52. The Morgan fingerprint density at radius 3 is 2.83 bits per heavy atom. The lowest BCUT2D eigenvalue weighted by molar-refractivity contribution is -0.126. The fraction of sp³-hybridized carbons (Fsp3) is 0.533. The highest BCUT2D eigenvalue weighted by molar-refractivity contribution is 5.85. The van der Waals surface area contributed by atoms with E-state index < -0.39 is 0 Å². The van der Waals surface area contributed by atoms with E-state index in [1.807, 2.05) is 0 Å². The molecule has 1 aliphatic carbocycles. The van der Waals surface area contributed by atoms with Gasteiger partial charge in [0, 0.05) is 25.0 Å². The molecule has 1 aromatic rings. The normalized spacial score (nSPS) is 19.4. The summed E-state index contributed by atoms with van der Waals surface area (Å²) in [5.41, 5.74) is 3.94. The largest absolute Gasteiger partial charge is 0.352 e. The zero-order valence-electron chi connectivity index (χ0n) is 10.9. The molecule has 0 spiro atoms. The molecule has 1 amide bonds. The molecule has 1 fully saturated rings. The van der Waals surface area contributed by atoms with E-state index in [0.29, 0.717) is 6.54 Å². The van der Waals surface area contributed by atoms with Crippen molar-refractivity contribution in [2.75, 3.05) is 0 Å². The maximum Gasteiger partial charge on any atom is 0.226 e. The lowest BCUT2D eigenvalue weighted by Gasteiger charge is -2.13. The molecule has 1 aromatic carbocycles. The van der Waals surface area contributed by atoms with Crippen molar-refractivity contribution >= 4 is 5.91 Å². The summed E-state index contributed by atoms with van der Waals surface area (Å²) in [5.74, 6) is 0.239. The Morgan fingerprint density at radius 1 is 1.33 bits per heavy atom. The van der Waals surface area contributed by atoms with E-state index in [0.717, 1.165) is 32.4 Å². The van der Waals surface area contributed by atoms with Crippen molar-refractivity contribution < 1.29 is 4.79 Å². The lowest BCUT2D eigenvalue weighted by Crippen LogP contribution is -2.31. The molecule has 3 rings (SSSR count). The zero-order valence-corrected chi connectivity index (χ0v) is 10.9. The molecule has 1 aliphatic heterocycles. The van der Waals surface area contributed by atoms with Crippen LogP contribution in [0.25, 0.3) is 0 Å². The topological polar surface area (TPSA) is 41.1 Å². The number of rotatable bonds is 4. The van der Waals surface area contributed by atoms with Crippen LogP contribution < -0.4 is 10.6 Å². The van der Waals surface area contributed by atoms with Gasteiger partial charge in [0.15, 0.2) is 0 Å². The Bertz CT molecular complexity index is 477. The predicted octanol–water partition coefficient (Wildman–Crippen LogP) is 2.10. The Balaban J connectivity index is 1.62. The molecule has 0 atom stereocenters. The summed E-state index contributed by atoms with van der Waals surface area (Å²) in [6.45, 7) is 4.69. The van der Waals surface area contributed by atoms with E-state index in [4.69, 9.17) is 0 Å². The number of amides is 1. The Labute approximate surface area is 108 Å². The highest BCUT2D eigenvalue weighted by Crippen LogP contribution is 2.48. The first-order chi connectivity index (χ1) is 8.73. The van der Waals surface area contributed by atoms with Gasteiger partial charge in [0.25, 0.3) is 0 Å². The summed E-state index contributed by atoms with van der Waals surface area (Å²) >= 11 is 0. The van der Waals surface area contributed by atoms with Gasteiger partial charge in [0.2, 0.25) is 5.91 Å². The maximum absolute atomic E-state index is 12.0. The van der Waals surface area contributed by atoms with Crippen LogP contribution in [-0.4, -0.2) is 5.91 Å². The molecular formula is C15H20N2O. The summed E-state index contributed by atoms with van der Waals surface area (Å²) in [6.07, 6.45) is 3.08. The Morgan fingerprint density at radius 2 is 2.11 bits per heavy atom. The van der Waals surface area contributed by atoms with E-state index in [-0.39, 0.29) is 11.3 Å². The Hall–Kier alpha value is -1.35. The van der Waals surface area contributed by atoms with Gasteiger partial charge in [0.1, 0.15) is 0 Å². The average Bonchev–Trinajstić information content (AvgIpc) is 3.07. The van der Waals surface area contributed by atoms with Gasteiger partial charge >= 0.3 is 0 Å². The third-order valence-electron chi connectivity index (χ3n) is 4.37. The van der Waals surface area contributed by atoms with Crippen LogP contribution in [0.4, 0.5) is 0 Å². The standard InChI is InChI=1S/C15H20N2O/c1-2-15(5-6-15)14(18)17-8-11-3-4-12-9-16-10-13(12)7-11/h3-4,7,16H,2,5-6,8-10H2,1H3,(H,17,18). The van der Waals surface area contributed by atoms with Crippen LogP contribution in [0.2, 0.25) is 0 Å². The molecule has 3 heteroatoms. The van der Waals surface area contributed by atoms with Crippen LogP contribution in [0.3, 0.4) is 0 Å².